The Balaban J connectivity index is 0.00000112. The second-order valence-corrected chi connectivity index (χ2v) is 3.90. The van der Waals surface area contributed by atoms with Gasteiger partial charge in [-0.25, -0.2) is 4.39 Å². The summed E-state index contributed by atoms with van der Waals surface area (Å²) in [7, 11) is 0. The molecule has 1 heterocycles. The molecular formula is C10H12Cl2FNO. The molecule has 1 aliphatic heterocycles. The maximum atomic E-state index is 13.1. The third-order valence-electron chi connectivity index (χ3n) is 2.50. The Hall–Kier alpha value is -0.350. The summed E-state index contributed by atoms with van der Waals surface area (Å²) in [6.07, 6.45) is 0. The van der Waals surface area contributed by atoms with Crippen LogP contribution in [0.15, 0.2) is 18.2 Å². The molecule has 0 bridgehead atoms. The van der Waals surface area contributed by atoms with Gasteiger partial charge in [-0.05, 0) is 17.7 Å². The highest BCUT2D eigenvalue weighted by Gasteiger charge is 2.26. The Morgan fingerprint density at radius 2 is 2.13 bits per heavy atom. The lowest BCUT2D eigenvalue weighted by Gasteiger charge is -2.31. The van der Waals surface area contributed by atoms with Gasteiger partial charge in [-0.15, -0.1) is 12.4 Å². The van der Waals surface area contributed by atoms with E-state index < -0.39 is 5.82 Å². The maximum Gasteiger partial charge on any atom is 0.142 e. The van der Waals surface area contributed by atoms with E-state index in [0.29, 0.717) is 19.1 Å². The molecule has 0 saturated carbocycles. The van der Waals surface area contributed by atoms with Crippen LogP contribution in [0.2, 0.25) is 5.02 Å². The molecule has 0 unspecified atom stereocenters. The highest BCUT2D eigenvalue weighted by atomic mass is 35.5. The fourth-order valence-electron chi connectivity index (χ4n) is 1.45. The van der Waals surface area contributed by atoms with E-state index in [1.54, 1.807) is 6.07 Å². The number of ether oxygens (including phenoxy) is 1. The van der Waals surface area contributed by atoms with Crippen LogP contribution in [0.25, 0.3) is 0 Å². The van der Waals surface area contributed by atoms with Crippen LogP contribution in [0.5, 0.6) is 0 Å². The molecule has 1 aromatic rings. The molecule has 0 aliphatic carbocycles. The molecule has 1 atom stereocenters. The van der Waals surface area contributed by atoms with Crippen molar-refractivity contribution in [2.75, 3.05) is 13.2 Å². The van der Waals surface area contributed by atoms with Gasteiger partial charge >= 0.3 is 0 Å². The summed E-state index contributed by atoms with van der Waals surface area (Å²) in [6.45, 7) is 1.32. The predicted octanol–water partition coefficient (Wildman–Crippen LogP) is 2.55. The lowest BCUT2D eigenvalue weighted by atomic mass is 9.92. The summed E-state index contributed by atoms with van der Waals surface area (Å²) in [5.41, 5.74) is 6.71. The molecule has 0 aromatic heterocycles. The lowest BCUT2D eigenvalue weighted by molar-refractivity contribution is -0.0442. The van der Waals surface area contributed by atoms with E-state index in [1.165, 1.54) is 12.1 Å². The molecule has 1 aliphatic rings. The first-order valence-electron chi connectivity index (χ1n) is 4.47. The van der Waals surface area contributed by atoms with Gasteiger partial charge in [-0.2, -0.15) is 0 Å². The summed E-state index contributed by atoms with van der Waals surface area (Å²) in [6, 6.07) is 4.53. The number of halogens is 3. The van der Waals surface area contributed by atoms with Crippen molar-refractivity contribution in [3.63, 3.8) is 0 Å². The molecule has 15 heavy (non-hydrogen) atoms. The Labute approximate surface area is 99.0 Å². The first-order chi connectivity index (χ1) is 6.68. The highest BCUT2D eigenvalue weighted by molar-refractivity contribution is 6.30. The van der Waals surface area contributed by atoms with Crippen LogP contribution >= 0.6 is 24.0 Å². The van der Waals surface area contributed by atoms with Crippen molar-refractivity contribution in [1.29, 1.82) is 0 Å². The summed E-state index contributed by atoms with van der Waals surface area (Å²) in [4.78, 5) is 0. The normalized spacial score (nSPS) is 17.8. The van der Waals surface area contributed by atoms with E-state index in [9.17, 15) is 4.39 Å². The second kappa shape index (κ2) is 5.12. The van der Waals surface area contributed by atoms with Crippen LogP contribution in [0, 0.1) is 11.7 Å². The van der Waals surface area contributed by atoms with Gasteiger partial charge in [0.2, 0.25) is 0 Å². The van der Waals surface area contributed by atoms with Gasteiger partial charge < -0.3 is 10.5 Å². The van der Waals surface area contributed by atoms with Gasteiger partial charge in [0.25, 0.3) is 0 Å². The van der Waals surface area contributed by atoms with E-state index in [-0.39, 0.29) is 23.5 Å². The molecule has 5 heteroatoms. The Bertz CT molecular complexity index is 344. The lowest BCUT2D eigenvalue weighted by Crippen LogP contribution is -2.37. The van der Waals surface area contributed by atoms with Crippen LogP contribution < -0.4 is 5.73 Å². The molecule has 2 N–H and O–H groups in total. The number of rotatable bonds is 2. The van der Waals surface area contributed by atoms with Crippen LogP contribution in [0.3, 0.4) is 0 Å². The van der Waals surface area contributed by atoms with Crippen LogP contribution in [-0.2, 0) is 4.74 Å². The minimum atomic E-state index is -0.417. The molecule has 0 spiro atoms. The summed E-state index contributed by atoms with van der Waals surface area (Å²) in [5.74, 6) is -0.115. The van der Waals surface area contributed by atoms with Crippen LogP contribution in [0.1, 0.15) is 11.6 Å². The number of hydrogen-bond acceptors (Lipinski definition) is 2. The molecule has 84 valence electrons. The van der Waals surface area contributed by atoms with Crippen molar-refractivity contribution < 1.29 is 9.13 Å². The van der Waals surface area contributed by atoms with Crippen molar-refractivity contribution in [2.45, 2.75) is 6.04 Å². The van der Waals surface area contributed by atoms with Crippen molar-refractivity contribution in [3.05, 3.63) is 34.6 Å². The molecule has 0 amide bonds. The van der Waals surface area contributed by atoms with Crippen molar-refractivity contribution in [1.82, 2.24) is 0 Å². The minimum Gasteiger partial charge on any atom is -0.381 e. The standard InChI is InChI=1S/C10H11ClFNO.ClH/c11-8-2-1-6(3-9(8)12)10(13)7-4-14-5-7;/h1-3,7,10H,4-5,13H2;1H/t10-;/m0./s1. The largest absolute Gasteiger partial charge is 0.381 e. The number of benzene rings is 1. The smallest absolute Gasteiger partial charge is 0.142 e. The van der Waals surface area contributed by atoms with Gasteiger partial charge in [-0.3, -0.25) is 0 Å². The quantitative estimate of drug-likeness (QED) is 0.877. The molecule has 0 radical (unpaired) electrons. The van der Waals surface area contributed by atoms with E-state index in [2.05, 4.69) is 0 Å². The van der Waals surface area contributed by atoms with E-state index in [0.717, 1.165) is 5.56 Å². The van der Waals surface area contributed by atoms with E-state index in [1.807, 2.05) is 0 Å². The number of nitrogens with two attached hydrogens (primary N) is 1. The molecule has 2 rings (SSSR count). The zero-order valence-electron chi connectivity index (χ0n) is 7.95. The summed E-state index contributed by atoms with van der Waals surface area (Å²) >= 11 is 5.57. The van der Waals surface area contributed by atoms with Gasteiger partial charge in [0, 0.05) is 12.0 Å². The van der Waals surface area contributed by atoms with Gasteiger partial charge in [0.15, 0.2) is 0 Å². The maximum absolute atomic E-state index is 13.1. The van der Waals surface area contributed by atoms with Gasteiger partial charge in [0.1, 0.15) is 5.82 Å². The van der Waals surface area contributed by atoms with Gasteiger partial charge in [0.05, 0.1) is 18.2 Å². The predicted molar refractivity (Wildman–Crippen MR) is 59.9 cm³/mol. The zero-order chi connectivity index (χ0) is 10.1. The SMILES string of the molecule is Cl.N[C@@H](c1ccc(Cl)c(F)c1)C1COC1. The third kappa shape index (κ3) is 2.61. The minimum absolute atomic E-state index is 0. The van der Waals surface area contributed by atoms with Crippen molar-refractivity contribution in [3.8, 4) is 0 Å². The van der Waals surface area contributed by atoms with Crippen molar-refractivity contribution >= 4 is 24.0 Å². The molecular weight excluding hydrogens is 240 g/mol. The molecule has 2 nitrogen and oxygen atoms in total. The average Bonchev–Trinajstić information content (AvgIpc) is 2.06. The topological polar surface area (TPSA) is 35.2 Å². The van der Waals surface area contributed by atoms with Gasteiger partial charge in [-0.1, -0.05) is 17.7 Å². The molecule has 1 fully saturated rings. The zero-order valence-corrected chi connectivity index (χ0v) is 9.52. The van der Waals surface area contributed by atoms with E-state index in [4.69, 9.17) is 22.1 Å². The van der Waals surface area contributed by atoms with Crippen molar-refractivity contribution in [2.24, 2.45) is 11.7 Å². The second-order valence-electron chi connectivity index (χ2n) is 3.50. The number of hydrogen-bond donors (Lipinski definition) is 1. The third-order valence-corrected chi connectivity index (χ3v) is 2.81. The van der Waals surface area contributed by atoms with Crippen LogP contribution in [-0.4, -0.2) is 13.2 Å². The Morgan fingerprint density at radius 3 is 2.60 bits per heavy atom. The Morgan fingerprint density at radius 1 is 1.47 bits per heavy atom. The summed E-state index contributed by atoms with van der Waals surface area (Å²) in [5, 5.41) is 0.130. The van der Waals surface area contributed by atoms with Crippen LogP contribution in [0.4, 0.5) is 4.39 Å². The highest BCUT2D eigenvalue weighted by Crippen LogP contribution is 2.27. The fourth-order valence-corrected chi connectivity index (χ4v) is 1.57. The van der Waals surface area contributed by atoms with E-state index >= 15 is 0 Å². The first-order valence-corrected chi connectivity index (χ1v) is 4.84. The molecule has 1 saturated heterocycles. The fraction of sp³-hybridized carbons (Fsp3) is 0.400. The Kier molecular flexibility index (Phi) is 4.34. The average molecular weight is 252 g/mol. The summed E-state index contributed by atoms with van der Waals surface area (Å²) < 4.78 is 18.1. The monoisotopic (exact) mass is 251 g/mol. The molecule has 1 aromatic carbocycles. The first kappa shape index (κ1) is 12.7.